The summed E-state index contributed by atoms with van der Waals surface area (Å²) in [6.07, 6.45) is 7.54. The molecule has 2 fully saturated rings. The summed E-state index contributed by atoms with van der Waals surface area (Å²) >= 11 is 0. The molecule has 1 atom stereocenters. The molecule has 1 aromatic carbocycles. The van der Waals surface area contributed by atoms with E-state index in [-0.39, 0.29) is 0 Å². The molecule has 0 aromatic heterocycles. The minimum Gasteiger partial charge on any atom is -0.508 e. The second kappa shape index (κ2) is 5.74. The van der Waals surface area contributed by atoms with Gasteiger partial charge in [0.2, 0.25) is 0 Å². The lowest BCUT2D eigenvalue weighted by Crippen LogP contribution is -2.47. The van der Waals surface area contributed by atoms with E-state index in [1.165, 1.54) is 50.8 Å². The van der Waals surface area contributed by atoms with Crippen molar-refractivity contribution in [1.29, 1.82) is 0 Å². The molecule has 3 heteroatoms. The van der Waals surface area contributed by atoms with Crippen LogP contribution in [-0.4, -0.2) is 35.7 Å². The molecule has 1 aliphatic heterocycles. The molecule has 1 saturated heterocycles. The summed E-state index contributed by atoms with van der Waals surface area (Å²) in [7, 11) is 0. The van der Waals surface area contributed by atoms with Crippen LogP contribution >= 0.6 is 0 Å². The van der Waals surface area contributed by atoms with E-state index in [0.717, 1.165) is 13.0 Å². The summed E-state index contributed by atoms with van der Waals surface area (Å²) in [5.74, 6) is 0.351. The predicted molar refractivity (Wildman–Crippen MR) is 81.7 cm³/mol. The van der Waals surface area contributed by atoms with Crippen molar-refractivity contribution in [1.82, 2.24) is 4.90 Å². The maximum atomic E-state index is 9.29. The van der Waals surface area contributed by atoms with Gasteiger partial charge in [0.1, 0.15) is 5.75 Å². The number of aromatic hydroxyl groups is 1. The number of rotatable bonds is 3. The highest BCUT2D eigenvalue weighted by Gasteiger charge is 2.42. The van der Waals surface area contributed by atoms with Gasteiger partial charge in [-0.15, -0.1) is 0 Å². The van der Waals surface area contributed by atoms with Crippen LogP contribution in [0.15, 0.2) is 24.3 Å². The smallest absolute Gasteiger partial charge is 0.115 e. The van der Waals surface area contributed by atoms with E-state index in [2.05, 4.69) is 4.90 Å². The topological polar surface area (TPSA) is 49.5 Å². The molecule has 1 saturated carbocycles. The van der Waals surface area contributed by atoms with Gasteiger partial charge >= 0.3 is 0 Å². The fourth-order valence-electron chi connectivity index (χ4n) is 3.96. The van der Waals surface area contributed by atoms with Crippen molar-refractivity contribution >= 4 is 0 Å². The van der Waals surface area contributed by atoms with Gasteiger partial charge in [-0.1, -0.05) is 18.6 Å². The zero-order chi connectivity index (χ0) is 14.0. The summed E-state index contributed by atoms with van der Waals surface area (Å²) in [5.41, 5.74) is 8.10. The van der Waals surface area contributed by atoms with Gasteiger partial charge in [-0.05, 0) is 68.3 Å². The number of nitrogens with two attached hydrogens (primary N) is 1. The van der Waals surface area contributed by atoms with Crippen molar-refractivity contribution in [2.45, 2.75) is 44.6 Å². The zero-order valence-corrected chi connectivity index (χ0v) is 12.2. The monoisotopic (exact) mass is 274 g/mol. The molecule has 2 aliphatic rings. The maximum Gasteiger partial charge on any atom is 0.115 e. The Balaban J connectivity index is 1.48. The molecule has 3 N–H and O–H groups in total. The highest BCUT2D eigenvalue weighted by Crippen LogP contribution is 2.45. The molecule has 1 unspecified atom stereocenters. The Labute approximate surface area is 121 Å². The first-order valence-electron chi connectivity index (χ1n) is 7.94. The van der Waals surface area contributed by atoms with E-state index in [4.69, 9.17) is 5.73 Å². The second-order valence-electron chi connectivity index (χ2n) is 6.62. The Bertz CT molecular complexity index is 435. The summed E-state index contributed by atoms with van der Waals surface area (Å²) in [6.45, 7) is 3.52. The third-order valence-corrected chi connectivity index (χ3v) is 5.48. The fourth-order valence-corrected chi connectivity index (χ4v) is 3.96. The summed E-state index contributed by atoms with van der Waals surface area (Å²) < 4.78 is 0. The van der Waals surface area contributed by atoms with Crippen LogP contribution in [0, 0.1) is 5.41 Å². The quantitative estimate of drug-likeness (QED) is 0.890. The van der Waals surface area contributed by atoms with Crippen LogP contribution in [0.25, 0.3) is 0 Å². The van der Waals surface area contributed by atoms with Crippen LogP contribution in [0.1, 0.15) is 37.7 Å². The van der Waals surface area contributed by atoms with Crippen LogP contribution in [0.4, 0.5) is 0 Å². The zero-order valence-electron chi connectivity index (χ0n) is 12.2. The van der Waals surface area contributed by atoms with Gasteiger partial charge in [0, 0.05) is 12.6 Å². The van der Waals surface area contributed by atoms with Crippen molar-refractivity contribution in [2.75, 3.05) is 19.6 Å². The van der Waals surface area contributed by atoms with Gasteiger partial charge in [-0.3, -0.25) is 0 Å². The first-order valence-corrected chi connectivity index (χ1v) is 7.94. The van der Waals surface area contributed by atoms with Gasteiger partial charge in [0.25, 0.3) is 0 Å². The van der Waals surface area contributed by atoms with Crippen molar-refractivity contribution in [2.24, 2.45) is 11.1 Å². The first kappa shape index (κ1) is 13.9. The lowest BCUT2D eigenvalue weighted by atomic mass is 9.74. The highest BCUT2D eigenvalue weighted by molar-refractivity contribution is 5.26. The Morgan fingerprint density at radius 3 is 2.45 bits per heavy atom. The third kappa shape index (κ3) is 2.84. The predicted octanol–water partition coefficient (Wildman–Crippen LogP) is 2.53. The fraction of sp³-hybridized carbons (Fsp3) is 0.647. The van der Waals surface area contributed by atoms with E-state index >= 15 is 0 Å². The molecule has 1 spiro atoms. The Kier molecular flexibility index (Phi) is 3.99. The average Bonchev–Trinajstić information content (AvgIpc) is 2.81. The Morgan fingerprint density at radius 1 is 1.15 bits per heavy atom. The molecular weight excluding hydrogens is 248 g/mol. The Morgan fingerprint density at radius 2 is 1.85 bits per heavy atom. The standard InChI is InChI=1S/C17H26N2O/c18-16-2-1-8-17(16)9-12-19(13-10-17)11-7-14-3-5-15(20)6-4-14/h3-6,16,20H,1-2,7-13,18H2. The van der Waals surface area contributed by atoms with Gasteiger partial charge in [-0.25, -0.2) is 0 Å². The largest absolute Gasteiger partial charge is 0.508 e. The third-order valence-electron chi connectivity index (χ3n) is 5.48. The average molecular weight is 274 g/mol. The molecule has 1 aromatic rings. The minimum atomic E-state index is 0.351. The number of piperidine rings is 1. The van der Waals surface area contributed by atoms with E-state index in [0.29, 0.717) is 17.2 Å². The second-order valence-corrected chi connectivity index (χ2v) is 6.62. The van der Waals surface area contributed by atoms with Gasteiger partial charge in [0.15, 0.2) is 0 Å². The number of nitrogens with zero attached hydrogens (tertiary/aromatic N) is 1. The van der Waals surface area contributed by atoms with E-state index in [1.807, 2.05) is 12.1 Å². The summed E-state index contributed by atoms with van der Waals surface area (Å²) in [6, 6.07) is 8.04. The van der Waals surface area contributed by atoms with Crippen molar-refractivity contribution in [3.05, 3.63) is 29.8 Å². The van der Waals surface area contributed by atoms with Crippen LogP contribution < -0.4 is 5.73 Å². The molecule has 3 rings (SSSR count). The highest BCUT2D eigenvalue weighted by atomic mass is 16.3. The molecule has 110 valence electrons. The number of phenolic OH excluding ortho intramolecular Hbond substituents is 1. The Hall–Kier alpha value is -1.06. The van der Waals surface area contributed by atoms with Gasteiger partial charge in [-0.2, -0.15) is 0 Å². The normalized spacial score (nSPS) is 26.1. The molecule has 20 heavy (non-hydrogen) atoms. The van der Waals surface area contributed by atoms with Gasteiger partial charge in [0.05, 0.1) is 0 Å². The van der Waals surface area contributed by atoms with Crippen LogP contribution in [0.5, 0.6) is 5.75 Å². The van der Waals surface area contributed by atoms with Crippen molar-refractivity contribution < 1.29 is 5.11 Å². The lowest BCUT2D eigenvalue weighted by Gasteiger charge is -2.42. The molecule has 1 heterocycles. The van der Waals surface area contributed by atoms with E-state index in [1.54, 1.807) is 12.1 Å². The molecule has 1 aliphatic carbocycles. The van der Waals surface area contributed by atoms with Gasteiger partial charge < -0.3 is 15.7 Å². The number of hydrogen-bond donors (Lipinski definition) is 2. The van der Waals surface area contributed by atoms with Crippen LogP contribution in [0.2, 0.25) is 0 Å². The lowest BCUT2D eigenvalue weighted by molar-refractivity contribution is 0.0959. The summed E-state index contributed by atoms with van der Waals surface area (Å²) in [4.78, 5) is 2.57. The van der Waals surface area contributed by atoms with E-state index < -0.39 is 0 Å². The molecule has 0 radical (unpaired) electrons. The van der Waals surface area contributed by atoms with Crippen LogP contribution in [-0.2, 0) is 6.42 Å². The minimum absolute atomic E-state index is 0.351. The van der Waals surface area contributed by atoms with Crippen molar-refractivity contribution in [3.8, 4) is 5.75 Å². The first-order chi connectivity index (χ1) is 9.68. The molecule has 0 bridgehead atoms. The molecule has 0 amide bonds. The SMILES string of the molecule is NC1CCCC12CCN(CCc1ccc(O)cc1)CC2. The van der Waals surface area contributed by atoms with E-state index in [9.17, 15) is 5.11 Å². The number of phenols is 1. The molecule has 3 nitrogen and oxygen atoms in total. The molecular formula is C17H26N2O. The van der Waals surface area contributed by atoms with Crippen molar-refractivity contribution in [3.63, 3.8) is 0 Å². The maximum absolute atomic E-state index is 9.29. The van der Waals surface area contributed by atoms with Crippen LogP contribution in [0.3, 0.4) is 0 Å². The summed E-state index contributed by atoms with van der Waals surface area (Å²) in [5, 5.41) is 9.29. The number of hydrogen-bond acceptors (Lipinski definition) is 3. The number of likely N-dealkylation sites (tertiary alicyclic amines) is 1. The number of benzene rings is 1.